The summed E-state index contributed by atoms with van der Waals surface area (Å²) in [5.74, 6) is 1.50. The summed E-state index contributed by atoms with van der Waals surface area (Å²) in [5.41, 5.74) is 1.29. The Morgan fingerprint density at radius 3 is 2.73 bits per heavy atom. The largest absolute Gasteiger partial charge is 0.385 e. The monoisotopic (exact) mass is 374 g/mol. The van der Waals surface area contributed by atoms with Gasteiger partial charge in [0.15, 0.2) is 0 Å². The number of hydrogen-bond donors (Lipinski definition) is 0. The topological polar surface area (TPSA) is 34.5 Å². The predicted molar refractivity (Wildman–Crippen MR) is 107 cm³/mol. The number of anilines is 1. The van der Waals surface area contributed by atoms with E-state index in [1.807, 2.05) is 16.7 Å². The Morgan fingerprint density at radius 2 is 2.00 bits per heavy atom. The van der Waals surface area contributed by atoms with Crippen molar-refractivity contribution in [2.24, 2.45) is 5.92 Å². The van der Waals surface area contributed by atoms with Gasteiger partial charge in [-0.3, -0.25) is 9.36 Å². The number of pyridine rings is 1. The van der Waals surface area contributed by atoms with Gasteiger partial charge in [0.1, 0.15) is 5.82 Å². The first-order valence-corrected chi connectivity index (χ1v) is 9.68. The molecular weight excluding hydrogens is 348 g/mol. The van der Waals surface area contributed by atoms with Crippen LogP contribution >= 0.6 is 11.6 Å². The molecular formula is C21H27ClN2O2. The number of methoxy groups -OCH3 is 1. The first-order chi connectivity index (χ1) is 12.6. The highest BCUT2D eigenvalue weighted by Crippen LogP contribution is 2.32. The van der Waals surface area contributed by atoms with E-state index in [9.17, 15) is 4.79 Å². The van der Waals surface area contributed by atoms with E-state index in [1.54, 1.807) is 7.11 Å². The van der Waals surface area contributed by atoms with Gasteiger partial charge in [0.25, 0.3) is 5.56 Å². The Morgan fingerprint density at radius 1 is 1.23 bits per heavy atom. The molecule has 2 heterocycles. The van der Waals surface area contributed by atoms with Crippen LogP contribution in [0.3, 0.4) is 0 Å². The Balaban J connectivity index is 1.91. The summed E-state index contributed by atoms with van der Waals surface area (Å²) >= 11 is 6.24. The molecule has 1 saturated heterocycles. The lowest BCUT2D eigenvalue weighted by Gasteiger charge is -2.31. The van der Waals surface area contributed by atoms with E-state index in [1.165, 1.54) is 11.6 Å². The molecule has 5 heteroatoms. The Kier molecular flexibility index (Phi) is 6.38. The molecule has 0 unspecified atom stereocenters. The lowest BCUT2D eigenvalue weighted by molar-refractivity contribution is 0.190. The van der Waals surface area contributed by atoms with Crippen molar-refractivity contribution in [3.63, 3.8) is 0 Å². The van der Waals surface area contributed by atoms with Crippen molar-refractivity contribution in [3.05, 3.63) is 63.4 Å². The molecule has 0 saturated carbocycles. The highest BCUT2D eigenvalue weighted by Gasteiger charge is 2.33. The standard InChI is InChI=1S/C21H27ClN2O2/c1-16-9-11-23(19(16)13-17-7-4-3-5-8-17)20-14-18(22)15-21(25)24(20)10-6-12-26-2/h3-5,7-8,14-16,19H,6,9-13H2,1-2H3/t16-,19+/m1/s1. The van der Waals surface area contributed by atoms with Crippen LogP contribution < -0.4 is 10.5 Å². The fourth-order valence-electron chi connectivity index (χ4n) is 3.84. The van der Waals surface area contributed by atoms with Crippen LogP contribution in [0.15, 0.2) is 47.3 Å². The zero-order valence-electron chi connectivity index (χ0n) is 15.5. The number of rotatable bonds is 7. The molecule has 1 aliphatic heterocycles. The van der Waals surface area contributed by atoms with Crippen molar-refractivity contribution in [1.29, 1.82) is 0 Å². The number of nitrogens with zero attached hydrogens (tertiary/aromatic N) is 2. The van der Waals surface area contributed by atoms with E-state index < -0.39 is 0 Å². The molecule has 1 aliphatic rings. The molecule has 2 atom stereocenters. The van der Waals surface area contributed by atoms with E-state index in [0.717, 1.165) is 31.6 Å². The third-order valence-corrected chi connectivity index (χ3v) is 5.48. The number of halogens is 1. The van der Waals surface area contributed by atoms with Gasteiger partial charge in [-0.05, 0) is 36.8 Å². The normalized spacial score (nSPS) is 19.9. The summed E-state index contributed by atoms with van der Waals surface area (Å²) in [4.78, 5) is 14.9. The minimum Gasteiger partial charge on any atom is -0.385 e. The fourth-order valence-corrected chi connectivity index (χ4v) is 4.03. The lowest BCUT2D eigenvalue weighted by Crippen LogP contribution is -2.38. The lowest BCUT2D eigenvalue weighted by atomic mass is 9.96. The van der Waals surface area contributed by atoms with Crippen LogP contribution in [-0.4, -0.2) is 30.9 Å². The van der Waals surface area contributed by atoms with Crippen LogP contribution in [0.1, 0.15) is 25.3 Å². The molecule has 0 radical (unpaired) electrons. The molecule has 2 aromatic rings. The summed E-state index contributed by atoms with van der Waals surface area (Å²) in [7, 11) is 1.68. The number of ether oxygens (including phenoxy) is 1. The number of aromatic nitrogens is 1. The summed E-state index contributed by atoms with van der Waals surface area (Å²) in [6.45, 7) is 4.52. The van der Waals surface area contributed by atoms with E-state index in [0.29, 0.717) is 30.1 Å². The Labute approximate surface area is 160 Å². The first kappa shape index (κ1) is 19.0. The first-order valence-electron chi connectivity index (χ1n) is 9.30. The van der Waals surface area contributed by atoms with Gasteiger partial charge in [-0.2, -0.15) is 0 Å². The summed E-state index contributed by atoms with van der Waals surface area (Å²) in [5, 5.41) is 0.506. The summed E-state index contributed by atoms with van der Waals surface area (Å²) in [6, 6.07) is 14.4. The van der Waals surface area contributed by atoms with Crippen molar-refractivity contribution >= 4 is 17.4 Å². The number of benzene rings is 1. The van der Waals surface area contributed by atoms with Gasteiger partial charge in [-0.25, -0.2) is 0 Å². The SMILES string of the molecule is COCCCn1c(N2CC[C@@H](C)[C@@H]2Cc2ccccc2)cc(Cl)cc1=O. The second-order valence-corrected chi connectivity index (χ2v) is 7.52. The van der Waals surface area contributed by atoms with Gasteiger partial charge < -0.3 is 9.64 Å². The zero-order valence-corrected chi connectivity index (χ0v) is 16.3. The van der Waals surface area contributed by atoms with Crippen molar-refractivity contribution < 1.29 is 4.74 Å². The molecule has 0 spiro atoms. The summed E-state index contributed by atoms with van der Waals surface area (Å²) < 4.78 is 7.00. The molecule has 3 rings (SSSR count). The van der Waals surface area contributed by atoms with Crippen LogP contribution in [0.5, 0.6) is 0 Å². The molecule has 0 N–H and O–H groups in total. The number of hydrogen-bond acceptors (Lipinski definition) is 3. The van der Waals surface area contributed by atoms with E-state index >= 15 is 0 Å². The third-order valence-electron chi connectivity index (χ3n) is 5.27. The molecule has 4 nitrogen and oxygen atoms in total. The molecule has 140 valence electrons. The van der Waals surface area contributed by atoms with Gasteiger partial charge in [-0.15, -0.1) is 0 Å². The van der Waals surface area contributed by atoms with Gasteiger partial charge in [0.05, 0.1) is 0 Å². The molecule has 1 aromatic carbocycles. The molecule has 0 bridgehead atoms. The highest BCUT2D eigenvalue weighted by molar-refractivity contribution is 6.30. The van der Waals surface area contributed by atoms with Crippen molar-refractivity contribution in [2.45, 2.75) is 38.8 Å². The average Bonchev–Trinajstić information content (AvgIpc) is 2.98. The van der Waals surface area contributed by atoms with Gasteiger partial charge >= 0.3 is 0 Å². The maximum atomic E-state index is 12.6. The van der Waals surface area contributed by atoms with Crippen molar-refractivity contribution in [1.82, 2.24) is 4.57 Å². The van der Waals surface area contributed by atoms with Gasteiger partial charge in [0.2, 0.25) is 0 Å². The Bertz CT molecular complexity index is 775. The van der Waals surface area contributed by atoms with E-state index in [4.69, 9.17) is 16.3 Å². The molecule has 0 aliphatic carbocycles. The van der Waals surface area contributed by atoms with E-state index in [-0.39, 0.29) is 5.56 Å². The average molecular weight is 375 g/mol. The van der Waals surface area contributed by atoms with Crippen molar-refractivity contribution in [3.8, 4) is 0 Å². The molecule has 1 fully saturated rings. The summed E-state index contributed by atoms with van der Waals surface area (Å²) in [6.07, 6.45) is 2.90. The van der Waals surface area contributed by atoms with Crippen LogP contribution in [0, 0.1) is 5.92 Å². The van der Waals surface area contributed by atoms with Crippen LogP contribution in [0.25, 0.3) is 0 Å². The molecule has 26 heavy (non-hydrogen) atoms. The quantitative estimate of drug-likeness (QED) is 0.687. The van der Waals surface area contributed by atoms with Crippen molar-refractivity contribution in [2.75, 3.05) is 25.2 Å². The highest BCUT2D eigenvalue weighted by atomic mass is 35.5. The van der Waals surface area contributed by atoms with Crippen LogP contribution in [0.2, 0.25) is 5.02 Å². The van der Waals surface area contributed by atoms with Gasteiger partial charge in [-0.1, -0.05) is 48.9 Å². The molecule has 0 amide bonds. The molecule has 1 aromatic heterocycles. The van der Waals surface area contributed by atoms with Crippen LogP contribution in [0.4, 0.5) is 5.82 Å². The fraction of sp³-hybridized carbons (Fsp3) is 0.476. The Hall–Kier alpha value is -1.78. The smallest absolute Gasteiger partial charge is 0.253 e. The van der Waals surface area contributed by atoms with E-state index in [2.05, 4.69) is 36.1 Å². The van der Waals surface area contributed by atoms with Crippen LogP contribution in [-0.2, 0) is 17.7 Å². The maximum Gasteiger partial charge on any atom is 0.253 e. The third kappa shape index (κ3) is 4.30. The maximum absolute atomic E-state index is 12.6. The predicted octanol–water partition coefficient (Wildman–Crippen LogP) is 4.00. The minimum atomic E-state index is -0.0402. The second-order valence-electron chi connectivity index (χ2n) is 7.08. The zero-order chi connectivity index (χ0) is 18.5. The second kappa shape index (κ2) is 8.74. The van der Waals surface area contributed by atoms with Gasteiger partial charge in [0, 0.05) is 43.9 Å². The minimum absolute atomic E-state index is 0.0402.